The summed E-state index contributed by atoms with van der Waals surface area (Å²) < 4.78 is 0. The lowest BCUT2D eigenvalue weighted by Crippen LogP contribution is -2.45. The van der Waals surface area contributed by atoms with Crippen LogP contribution < -0.4 is 5.73 Å². The number of hydrogen-bond donors (Lipinski definition) is 1. The highest BCUT2D eigenvalue weighted by molar-refractivity contribution is 7.12. The Morgan fingerprint density at radius 2 is 2.24 bits per heavy atom. The van der Waals surface area contributed by atoms with Gasteiger partial charge in [0.05, 0.1) is 0 Å². The number of likely N-dealkylation sites (tertiary alicyclic amines) is 1. The Labute approximate surface area is 132 Å². The molecular weight excluding hydrogens is 280 g/mol. The largest absolute Gasteiger partial charge is 0.342 e. The van der Waals surface area contributed by atoms with Gasteiger partial charge >= 0.3 is 0 Å². The van der Waals surface area contributed by atoms with E-state index in [4.69, 9.17) is 5.73 Å². The molecule has 2 heterocycles. The third kappa shape index (κ3) is 4.30. The monoisotopic (exact) mass is 308 g/mol. The van der Waals surface area contributed by atoms with Crippen LogP contribution in [-0.2, 0) is 11.2 Å². The average molecular weight is 308 g/mol. The third-order valence-corrected chi connectivity index (χ3v) is 5.76. The van der Waals surface area contributed by atoms with Crippen molar-refractivity contribution in [2.45, 2.75) is 46.5 Å². The molecule has 1 amide bonds. The number of nitrogens with two attached hydrogens (primary N) is 1. The SMILES string of the molecule is Cc1cc(CCCC(=O)N2CCC(C)C(CN)C2)c(C)s1. The number of rotatable bonds is 5. The van der Waals surface area contributed by atoms with Gasteiger partial charge in [0.15, 0.2) is 0 Å². The molecule has 2 N–H and O–H groups in total. The molecule has 0 radical (unpaired) electrons. The maximum atomic E-state index is 12.3. The zero-order chi connectivity index (χ0) is 15.4. The highest BCUT2D eigenvalue weighted by Crippen LogP contribution is 2.24. The van der Waals surface area contributed by atoms with Gasteiger partial charge in [0.2, 0.25) is 5.91 Å². The summed E-state index contributed by atoms with van der Waals surface area (Å²) in [4.78, 5) is 17.1. The van der Waals surface area contributed by atoms with Crippen LogP contribution in [0, 0.1) is 25.7 Å². The normalized spacial score (nSPS) is 22.6. The molecule has 1 aliphatic heterocycles. The number of nitrogens with zero attached hydrogens (tertiary/aromatic N) is 1. The maximum Gasteiger partial charge on any atom is 0.222 e. The summed E-state index contributed by atoms with van der Waals surface area (Å²) in [5, 5.41) is 0. The second-order valence-electron chi connectivity index (χ2n) is 6.39. The first-order valence-electron chi connectivity index (χ1n) is 8.05. The second-order valence-corrected chi connectivity index (χ2v) is 7.85. The van der Waals surface area contributed by atoms with Crippen LogP contribution in [0.2, 0.25) is 0 Å². The Bertz CT molecular complexity index is 483. The molecule has 1 aromatic heterocycles. The molecule has 2 atom stereocenters. The summed E-state index contributed by atoms with van der Waals surface area (Å²) >= 11 is 1.85. The number of thiophene rings is 1. The van der Waals surface area contributed by atoms with E-state index < -0.39 is 0 Å². The summed E-state index contributed by atoms with van der Waals surface area (Å²) in [6, 6.07) is 2.26. The van der Waals surface area contributed by atoms with Crippen molar-refractivity contribution in [1.82, 2.24) is 4.90 Å². The molecule has 0 bridgehead atoms. The molecule has 0 aliphatic carbocycles. The molecule has 21 heavy (non-hydrogen) atoms. The zero-order valence-electron chi connectivity index (χ0n) is 13.5. The Morgan fingerprint density at radius 3 is 2.86 bits per heavy atom. The van der Waals surface area contributed by atoms with E-state index in [1.165, 1.54) is 15.3 Å². The lowest BCUT2D eigenvalue weighted by Gasteiger charge is -2.36. The summed E-state index contributed by atoms with van der Waals surface area (Å²) in [5.41, 5.74) is 7.23. The molecule has 2 rings (SSSR count). The highest BCUT2D eigenvalue weighted by atomic mass is 32.1. The van der Waals surface area contributed by atoms with Crippen molar-refractivity contribution in [3.05, 3.63) is 21.4 Å². The number of hydrogen-bond acceptors (Lipinski definition) is 3. The Morgan fingerprint density at radius 1 is 1.48 bits per heavy atom. The van der Waals surface area contributed by atoms with Gasteiger partial charge in [0, 0.05) is 29.3 Å². The van der Waals surface area contributed by atoms with E-state index in [0.29, 0.717) is 30.7 Å². The van der Waals surface area contributed by atoms with Gasteiger partial charge < -0.3 is 10.6 Å². The number of carbonyl (C=O) groups is 1. The second kappa shape index (κ2) is 7.41. The molecule has 1 fully saturated rings. The number of piperidine rings is 1. The van der Waals surface area contributed by atoms with E-state index in [9.17, 15) is 4.79 Å². The van der Waals surface area contributed by atoms with Crippen molar-refractivity contribution in [3.63, 3.8) is 0 Å². The minimum atomic E-state index is 0.310. The predicted octanol–water partition coefficient (Wildman–Crippen LogP) is 3.13. The molecule has 0 spiro atoms. The predicted molar refractivity (Wildman–Crippen MR) is 89.6 cm³/mol. The minimum Gasteiger partial charge on any atom is -0.342 e. The van der Waals surface area contributed by atoms with Crippen molar-refractivity contribution in [2.24, 2.45) is 17.6 Å². The van der Waals surface area contributed by atoms with Crippen molar-refractivity contribution in [3.8, 4) is 0 Å². The van der Waals surface area contributed by atoms with Crippen LogP contribution >= 0.6 is 11.3 Å². The van der Waals surface area contributed by atoms with E-state index in [1.807, 2.05) is 16.2 Å². The van der Waals surface area contributed by atoms with Gasteiger partial charge in [-0.25, -0.2) is 0 Å². The molecule has 118 valence electrons. The van der Waals surface area contributed by atoms with Crippen molar-refractivity contribution >= 4 is 17.2 Å². The van der Waals surface area contributed by atoms with Crippen LogP contribution in [0.25, 0.3) is 0 Å². The summed E-state index contributed by atoms with van der Waals surface area (Å²) in [6.45, 7) is 9.03. The lowest BCUT2D eigenvalue weighted by atomic mass is 9.87. The van der Waals surface area contributed by atoms with Gasteiger partial charge in [-0.1, -0.05) is 6.92 Å². The zero-order valence-corrected chi connectivity index (χ0v) is 14.3. The molecule has 2 unspecified atom stereocenters. The van der Waals surface area contributed by atoms with E-state index in [-0.39, 0.29) is 0 Å². The van der Waals surface area contributed by atoms with E-state index in [1.54, 1.807) is 0 Å². The third-order valence-electron chi connectivity index (χ3n) is 4.75. The lowest BCUT2D eigenvalue weighted by molar-refractivity contribution is -0.133. The van der Waals surface area contributed by atoms with Gasteiger partial charge in [-0.05, 0) is 63.1 Å². The number of amides is 1. The van der Waals surface area contributed by atoms with E-state index >= 15 is 0 Å². The topological polar surface area (TPSA) is 46.3 Å². The van der Waals surface area contributed by atoms with Crippen LogP contribution in [0.1, 0.15) is 41.5 Å². The van der Waals surface area contributed by atoms with E-state index in [2.05, 4.69) is 26.8 Å². The molecule has 0 aromatic carbocycles. The standard InChI is InChI=1S/C17H28N2OS/c1-12-7-8-19(11-16(12)10-18)17(20)6-4-5-15-9-13(2)21-14(15)3/h9,12,16H,4-8,10-11,18H2,1-3H3. The fraction of sp³-hybridized carbons (Fsp3) is 0.706. The van der Waals surface area contributed by atoms with Gasteiger partial charge in [0.1, 0.15) is 0 Å². The summed E-state index contributed by atoms with van der Waals surface area (Å²) in [6.07, 6.45) is 3.73. The van der Waals surface area contributed by atoms with Crippen molar-refractivity contribution in [2.75, 3.05) is 19.6 Å². The minimum absolute atomic E-state index is 0.310. The molecule has 1 saturated heterocycles. The smallest absolute Gasteiger partial charge is 0.222 e. The van der Waals surface area contributed by atoms with E-state index in [0.717, 1.165) is 32.4 Å². The fourth-order valence-corrected chi connectivity index (χ4v) is 4.18. The Kier molecular flexibility index (Phi) is 5.82. The number of aryl methyl sites for hydroxylation is 3. The summed E-state index contributed by atoms with van der Waals surface area (Å²) in [5.74, 6) is 1.44. The first kappa shape index (κ1) is 16.5. The van der Waals surface area contributed by atoms with Crippen molar-refractivity contribution in [1.29, 1.82) is 0 Å². The van der Waals surface area contributed by atoms with Crippen LogP contribution in [0.15, 0.2) is 6.07 Å². The first-order valence-corrected chi connectivity index (χ1v) is 8.86. The molecule has 3 nitrogen and oxygen atoms in total. The summed E-state index contributed by atoms with van der Waals surface area (Å²) in [7, 11) is 0. The average Bonchev–Trinajstić information content (AvgIpc) is 2.77. The van der Waals surface area contributed by atoms with Gasteiger partial charge in [0.25, 0.3) is 0 Å². The molecule has 4 heteroatoms. The van der Waals surface area contributed by atoms with Gasteiger partial charge in [-0.2, -0.15) is 0 Å². The van der Waals surface area contributed by atoms with Crippen LogP contribution in [0.5, 0.6) is 0 Å². The quantitative estimate of drug-likeness (QED) is 0.908. The van der Waals surface area contributed by atoms with Crippen LogP contribution in [0.4, 0.5) is 0 Å². The molecular formula is C17H28N2OS. The molecule has 1 aromatic rings. The van der Waals surface area contributed by atoms with Crippen LogP contribution in [0.3, 0.4) is 0 Å². The maximum absolute atomic E-state index is 12.3. The Hall–Kier alpha value is -0.870. The molecule has 0 saturated carbocycles. The number of carbonyl (C=O) groups excluding carboxylic acids is 1. The van der Waals surface area contributed by atoms with Gasteiger partial charge in [-0.3, -0.25) is 4.79 Å². The van der Waals surface area contributed by atoms with Crippen molar-refractivity contribution < 1.29 is 4.79 Å². The fourth-order valence-electron chi connectivity index (χ4n) is 3.20. The molecule has 1 aliphatic rings. The van der Waals surface area contributed by atoms with Crippen LogP contribution in [-0.4, -0.2) is 30.4 Å². The first-order chi connectivity index (χ1) is 10.0. The highest BCUT2D eigenvalue weighted by Gasteiger charge is 2.27. The van der Waals surface area contributed by atoms with Gasteiger partial charge in [-0.15, -0.1) is 11.3 Å². The Balaban J connectivity index is 1.78.